The van der Waals surface area contributed by atoms with Gasteiger partial charge in [0, 0.05) is 18.3 Å². The Balaban J connectivity index is 1.43. The largest absolute Gasteiger partial charge is 0.459 e. The molecule has 1 saturated heterocycles. The van der Waals surface area contributed by atoms with Crippen molar-refractivity contribution in [3.8, 4) is 0 Å². The van der Waals surface area contributed by atoms with Gasteiger partial charge in [0.25, 0.3) is 0 Å². The molecule has 7 nitrogen and oxygen atoms in total. The Morgan fingerprint density at radius 1 is 1.09 bits per heavy atom. The summed E-state index contributed by atoms with van der Waals surface area (Å²) in [6.45, 7) is 2.49. The van der Waals surface area contributed by atoms with Gasteiger partial charge in [-0.3, -0.25) is 4.79 Å². The minimum Gasteiger partial charge on any atom is -0.459 e. The van der Waals surface area contributed by atoms with Crippen LogP contribution in [0.5, 0.6) is 0 Å². The first kappa shape index (κ1) is 23.6. The zero-order valence-corrected chi connectivity index (χ0v) is 20.6. The number of fused-ring (bicyclic) bond motifs is 1. The standard InChI is InChI=1S/C26H24Cl2N4O3/c1-16-23(24(32-22(30-16)11-12-29-32)18-9-10-19(27)20(28)14-18)25(33)31-13-5-8-21(31)26(34)35-15-17-6-3-2-4-7-17/h2-4,6-7,9-12,14,21,23-24H,5,8,13,15H2,1H3/t21-,23?,24?/m1/s1. The fourth-order valence-electron chi connectivity index (χ4n) is 4.85. The summed E-state index contributed by atoms with van der Waals surface area (Å²) in [7, 11) is 0. The Bertz CT molecular complexity index is 1290. The van der Waals surface area contributed by atoms with E-state index >= 15 is 0 Å². The van der Waals surface area contributed by atoms with E-state index in [1.165, 1.54) is 0 Å². The van der Waals surface area contributed by atoms with E-state index in [0.717, 1.165) is 17.5 Å². The number of carbonyl (C=O) groups is 2. The summed E-state index contributed by atoms with van der Waals surface area (Å²) in [5.74, 6) is -0.566. The number of carbonyl (C=O) groups excluding carboxylic acids is 2. The number of benzene rings is 2. The second-order valence-electron chi connectivity index (χ2n) is 8.77. The van der Waals surface area contributed by atoms with Crippen molar-refractivity contribution in [1.29, 1.82) is 0 Å². The van der Waals surface area contributed by atoms with Gasteiger partial charge in [0.05, 0.1) is 22.3 Å². The van der Waals surface area contributed by atoms with Crippen molar-refractivity contribution in [2.75, 3.05) is 6.54 Å². The molecule has 1 amide bonds. The Morgan fingerprint density at radius 3 is 2.66 bits per heavy atom. The average Bonchev–Trinajstić information content (AvgIpc) is 3.53. The molecule has 3 aromatic rings. The molecule has 1 fully saturated rings. The molecule has 9 heteroatoms. The number of aromatic nitrogens is 2. The third-order valence-corrected chi connectivity index (χ3v) is 7.29. The van der Waals surface area contributed by atoms with Crippen LogP contribution in [0.3, 0.4) is 0 Å². The second-order valence-corrected chi connectivity index (χ2v) is 9.58. The van der Waals surface area contributed by atoms with Crippen LogP contribution >= 0.6 is 23.2 Å². The summed E-state index contributed by atoms with van der Waals surface area (Å²) in [6, 6.07) is 15.5. The van der Waals surface area contributed by atoms with Crippen molar-refractivity contribution >= 4 is 46.6 Å². The van der Waals surface area contributed by atoms with Crippen molar-refractivity contribution in [2.24, 2.45) is 10.9 Å². The highest BCUT2D eigenvalue weighted by Crippen LogP contribution is 2.39. The third kappa shape index (κ3) is 4.58. The molecule has 180 valence electrons. The van der Waals surface area contributed by atoms with Crippen LogP contribution in [0.4, 0.5) is 5.82 Å². The summed E-state index contributed by atoms with van der Waals surface area (Å²) < 4.78 is 7.31. The molecule has 5 rings (SSSR count). The summed E-state index contributed by atoms with van der Waals surface area (Å²) in [5, 5.41) is 5.28. The van der Waals surface area contributed by atoms with Gasteiger partial charge in [-0.2, -0.15) is 5.10 Å². The van der Waals surface area contributed by atoms with Crippen LogP contribution in [0.1, 0.15) is 36.9 Å². The van der Waals surface area contributed by atoms with E-state index in [2.05, 4.69) is 10.1 Å². The maximum Gasteiger partial charge on any atom is 0.329 e. The minimum atomic E-state index is -0.651. The van der Waals surface area contributed by atoms with Crippen LogP contribution in [-0.2, 0) is 20.9 Å². The lowest BCUT2D eigenvalue weighted by Gasteiger charge is -2.35. The zero-order chi connectivity index (χ0) is 24.5. The van der Waals surface area contributed by atoms with Gasteiger partial charge < -0.3 is 9.64 Å². The molecule has 2 aromatic carbocycles. The van der Waals surface area contributed by atoms with Gasteiger partial charge in [0.1, 0.15) is 18.6 Å². The number of ether oxygens (including phenoxy) is 1. The van der Waals surface area contributed by atoms with Crippen LogP contribution in [0.2, 0.25) is 10.0 Å². The Kier molecular flexibility index (Phi) is 6.62. The van der Waals surface area contributed by atoms with Gasteiger partial charge >= 0.3 is 5.97 Å². The van der Waals surface area contributed by atoms with Crippen LogP contribution in [-0.4, -0.2) is 44.9 Å². The predicted molar refractivity (Wildman–Crippen MR) is 134 cm³/mol. The van der Waals surface area contributed by atoms with Crippen molar-refractivity contribution in [1.82, 2.24) is 14.7 Å². The normalized spacial score (nSPS) is 21.4. The number of nitrogens with zero attached hydrogens (tertiary/aromatic N) is 4. The molecule has 0 aliphatic carbocycles. The first-order chi connectivity index (χ1) is 16.9. The quantitative estimate of drug-likeness (QED) is 0.440. The Labute approximate surface area is 213 Å². The highest BCUT2D eigenvalue weighted by molar-refractivity contribution is 6.42. The van der Waals surface area contributed by atoms with Crippen LogP contribution in [0, 0.1) is 5.92 Å². The molecular formula is C26H24Cl2N4O3. The summed E-state index contributed by atoms with van der Waals surface area (Å²) in [4.78, 5) is 33.3. The lowest BCUT2D eigenvalue weighted by atomic mass is 9.87. The van der Waals surface area contributed by atoms with E-state index in [1.54, 1.807) is 34.0 Å². The molecule has 0 N–H and O–H groups in total. The Hall–Kier alpha value is -3.16. The van der Waals surface area contributed by atoms with Gasteiger partial charge in [-0.25, -0.2) is 14.5 Å². The molecule has 1 aromatic heterocycles. The second kappa shape index (κ2) is 9.84. The lowest BCUT2D eigenvalue weighted by Crippen LogP contribution is -2.49. The first-order valence-corrected chi connectivity index (χ1v) is 12.2. The summed E-state index contributed by atoms with van der Waals surface area (Å²) in [5.41, 5.74) is 2.35. The number of aliphatic imine (C=N–C) groups is 1. The van der Waals surface area contributed by atoms with Crippen LogP contribution < -0.4 is 0 Å². The number of amides is 1. The maximum absolute atomic E-state index is 14.0. The fraction of sp³-hybridized carbons (Fsp3) is 0.308. The van der Waals surface area contributed by atoms with E-state index in [9.17, 15) is 9.59 Å². The Morgan fingerprint density at radius 2 is 1.89 bits per heavy atom. The number of hydrogen-bond donors (Lipinski definition) is 0. The molecular weight excluding hydrogens is 487 g/mol. The topological polar surface area (TPSA) is 76.8 Å². The third-order valence-electron chi connectivity index (χ3n) is 6.55. The van der Waals surface area contributed by atoms with Crippen molar-refractivity contribution in [2.45, 2.75) is 38.5 Å². The maximum atomic E-state index is 14.0. The number of hydrogen-bond acceptors (Lipinski definition) is 5. The lowest BCUT2D eigenvalue weighted by molar-refractivity contribution is -0.155. The molecule has 2 aliphatic rings. The average molecular weight is 511 g/mol. The highest BCUT2D eigenvalue weighted by atomic mass is 35.5. The van der Waals surface area contributed by atoms with Crippen molar-refractivity contribution in [3.63, 3.8) is 0 Å². The van der Waals surface area contributed by atoms with Crippen molar-refractivity contribution in [3.05, 3.63) is 82.0 Å². The molecule has 0 radical (unpaired) electrons. The molecule has 3 heterocycles. The molecule has 3 atom stereocenters. The van der Waals surface area contributed by atoms with E-state index < -0.39 is 24.0 Å². The molecule has 2 unspecified atom stereocenters. The number of likely N-dealkylation sites (tertiary alicyclic amines) is 1. The van der Waals surface area contributed by atoms with Gasteiger partial charge in [-0.1, -0.05) is 59.6 Å². The van der Waals surface area contributed by atoms with E-state index in [1.807, 2.05) is 43.3 Å². The van der Waals surface area contributed by atoms with Crippen molar-refractivity contribution < 1.29 is 14.3 Å². The van der Waals surface area contributed by atoms with Gasteiger partial charge in [-0.15, -0.1) is 0 Å². The first-order valence-electron chi connectivity index (χ1n) is 11.5. The zero-order valence-electron chi connectivity index (χ0n) is 19.1. The van der Waals surface area contributed by atoms with E-state index in [4.69, 9.17) is 27.9 Å². The monoisotopic (exact) mass is 510 g/mol. The molecule has 0 spiro atoms. The van der Waals surface area contributed by atoms with Gasteiger partial charge in [0.15, 0.2) is 5.82 Å². The van der Waals surface area contributed by atoms with Crippen LogP contribution in [0.15, 0.2) is 65.8 Å². The summed E-state index contributed by atoms with van der Waals surface area (Å²) in [6.07, 6.45) is 2.94. The SMILES string of the molecule is CC1=Nc2ccnn2C(c2ccc(Cl)c(Cl)c2)C1C(=O)N1CCC[C@@H]1C(=O)OCc1ccccc1. The summed E-state index contributed by atoms with van der Waals surface area (Å²) >= 11 is 12.5. The number of halogens is 2. The fourth-order valence-corrected chi connectivity index (χ4v) is 5.16. The van der Waals surface area contributed by atoms with Crippen LogP contribution in [0.25, 0.3) is 0 Å². The smallest absolute Gasteiger partial charge is 0.329 e. The van der Waals surface area contributed by atoms with Gasteiger partial charge in [0.2, 0.25) is 5.91 Å². The molecule has 0 saturated carbocycles. The molecule has 2 aliphatic heterocycles. The molecule has 0 bridgehead atoms. The van der Waals surface area contributed by atoms with Gasteiger partial charge in [-0.05, 0) is 43.0 Å². The highest BCUT2D eigenvalue weighted by Gasteiger charge is 2.44. The number of rotatable bonds is 5. The predicted octanol–water partition coefficient (Wildman–Crippen LogP) is 5.24. The van der Waals surface area contributed by atoms with E-state index in [-0.39, 0.29) is 12.5 Å². The minimum absolute atomic E-state index is 0.171. The van der Waals surface area contributed by atoms with E-state index in [0.29, 0.717) is 34.5 Å². The molecule has 35 heavy (non-hydrogen) atoms. The number of esters is 1.